The van der Waals surface area contributed by atoms with Crippen molar-refractivity contribution < 1.29 is 24.4 Å². The standard InChI is InChI=1S/C6H10O3.C6H12O2/c1(5-3-8-5)7-2-6-4-9-6;1-2-3-4-5-6(7)8/h5-6H,1-4H2;5,7-8H,2-4H2,1H3. The van der Waals surface area contributed by atoms with Crippen LogP contribution in [-0.4, -0.2) is 48.8 Å². The van der Waals surface area contributed by atoms with E-state index in [-0.39, 0.29) is 0 Å². The van der Waals surface area contributed by atoms with Gasteiger partial charge in [0.25, 0.3) is 5.95 Å². The highest BCUT2D eigenvalue weighted by Crippen LogP contribution is 2.12. The summed E-state index contributed by atoms with van der Waals surface area (Å²) in [6.45, 7) is 5.32. The summed E-state index contributed by atoms with van der Waals surface area (Å²) >= 11 is 0. The molecule has 2 aliphatic heterocycles. The molecule has 2 fully saturated rings. The first-order chi connectivity index (χ1) is 8.22. The molecule has 2 rings (SSSR count). The zero-order valence-corrected chi connectivity index (χ0v) is 10.3. The van der Waals surface area contributed by atoms with Crippen molar-refractivity contribution in [3.63, 3.8) is 0 Å². The van der Waals surface area contributed by atoms with Crippen molar-refractivity contribution in [2.45, 2.75) is 38.4 Å². The lowest BCUT2D eigenvalue weighted by Gasteiger charge is -1.95. The SMILES string of the molecule is C(OCC1CO1)C1CO1.CCCCC=C(O)O. The van der Waals surface area contributed by atoms with Gasteiger partial charge < -0.3 is 24.4 Å². The van der Waals surface area contributed by atoms with Crippen LogP contribution in [0, 0.1) is 0 Å². The molecule has 0 bridgehead atoms. The number of allylic oxidation sites excluding steroid dienone is 1. The normalized spacial score (nSPS) is 24.5. The van der Waals surface area contributed by atoms with Crippen molar-refractivity contribution in [3.8, 4) is 0 Å². The van der Waals surface area contributed by atoms with E-state index < -0.39 is 5.95 Å². The Hall–Kier alpha value is -0.780. The van der Waals surface area contributed by atoms with Gasteiger partial charge in [0.15, 0.2) is 0 Å². The molecular formula is C12H22O5. The summed E-state index contributed by atoms with van der Waals surface area (Å²) in [6, 6.07) is 0. The lowest BCUT2D eigenvalue weighted by molar-refractivity contribution is 0.102. The predicted molar refractivity (Wildman–Crippen MR) is 63.2 cm³/mol. The molecule has 5 nitrogen and oxygen atoms in total. The molecule has 0 amide bonds. The molecule has 2 atom stereocenters. The molecule has 0 aromatic rings. The summed E-state index contributed by atoms with van der Waals surface area (Å²) < 4.78 is 15.1. The topological polar surface area (TPSA) is 74.8 Å². The minimum absolute atomic E-state index is 0.392. The fraction of sp³-hybridized carbons (Fsp3) is 0.833. The number of rotatable bonds is 7. The second kappa shape index (κ2) is 8.33. The van der Waals surface area contributed by atoms with Crippen molar-refractivity contribution in [3.05, 3.63) is 12.0 Å². The number of hydrogen-bond donors (Lipinski definition) is 2. The zero-order chi connectivity index (χ0) is 12.5. The highest BCUT2D eigenvalue weighted by Gasteiger charge is 2.26. The Kier molecular flexibility index (Phi) is 7.00. The maximum Gasteiger partial charge on any atom is 0.269 e. The fourth-order valence-corrected chi connectivity index (χ4v) is 1.09. The molecule has 2 heterocycles. The Morgan fingerprint density at radius 2 is 1.76 bits per heavy atom. The van der Waals surface area contributed by atoms with Gasteiger partial charge in [-0.15, -0.1) is 0 Å². The molecule has 0 radical (unpaired) electrons. The summed E-state index contributed by atoms with van der Waals surface area (Å²) in [5, 5.41) is 16.4. The zero-order valence-electron chi connectivity index (χ0n) is 10.3. The Morgan fingerprint density at radius 3 is 2.12 bits per heavy atom. The van der Waals surface area contributed by atoms with Crippen LogP contribution in [0.2, 0.25) is 0 Å². The van der Waals surface area contributed by atoms with Crippen molar-refractivity contribution in [2.24, 2.45) is 0 Å². The first-order valence-electron chi connectivity index (χ1n) is 6.11. The van der Waals surface area contributed by atoms with E-state index >= 15 is 0 Å². The Bertz CT molecular complexity index is 205. The van der Waals surface area contributed by atoms with Crippen LogP contribution < -0.4 is 0 Å². The molecule has 5 heteroatoms. The lowest BCUT2D eigenvalue weighted by atomic mass is 10.2. The average molecular weight is 246 g/mol. The maximum absolute atomic E-state index is 8.20. The van der Waals surface area contributed by atoms with Gasteiger partial charge in [-0.1, -0.05) is 13.3 Å². The third kappa shape index (κ3) is 10.1. The van der Waals surface area contributed by atoms with Crippen molar-refractivity contribution in [1.29, 1.82) is 0 Å². The van der Waals surface area contributed by atoms with Gasteiger partial charge in [-0.2, -0.15) is 0 Å². The molecule has 0 aliphatic carbocycles. The second-order valence-electron chi connectivity index (χ2n) is 4.15. The highest BCUT2D eigenvalue weighted by atomic mass is 16.6. The third-order valence-electron chi connectivity index (χ3n) is 2.30. The largest absolute Gasteiger partial charge is 0.481 e. The molecule has 0 spiro atoms. The van der Waals surface area contributed by atoms with E-state index in [4.69, 9.17) is 24.4 Å². The number of hydrogen-bond acceptors (Lipinski definition) is 5. The van der Waals surface area contributed by atoms with Gasteiger partial charge in [0.1, 0.15) is 12.2 Å². The summed E-state index contributed by atoms with van der Waals surface area (Å²) in [5.74, 6) is -0.557. The van der Waals surface area contributed by atoms with Crippen molar-refractivity contribution in [2.75, 3.05) is 26.4 Å². The van der Waals surface area contributed by atoms with Gasteiger partial charge in [-0.3, -0.25) is 0 Å². The van der Waals surface area contributed by atoms with Crippen LogP contribution in [0.3, 0.4) is 0 Å². The number of aliphatic hydroxyl groups is 2. The summed E-state index contributed by atoms with van der Waals surface area (Å²) in [5.41, 5.74) is 0. The highest BCUT2D eigenvalue weighted by molar-refractivity contribution is 4.77. The van der Waals surface area contributed by atoms with Crippen LogP contribution in [0.15, 0.2) is 12.0 Å². The Labute approximate surface area is 102 Å². The van der Waals surface area contributed by atoms with E-state index in [2.05, 4.69) is 6.92 Å². The first-order valence-corrected chi connectivity index (χ1v) is 6.11. The van der Waals surface area contributed by atoms with E-state index in [9.17, 15) is 0 Å². The summed E-state index contributed by atoms with van der Waals surface area (Å²) in [6.07, 6.45) is 5.06. The van der Waals surface area contributed by atoms with Gasteiger partial charge in [0.2, 0.25) is 0 Å². The van der Waals surface area contributed by atoms with Crippen LogP contribution in [0.1, 0.15) is 26.2 Å². The van der Waals surface area contributed by atoms with Gasteiger partial charge in [-0.05, 0) is 18.9 Å². The molecule has 0 aromatic heterocycles. The maximum atomic E-state index is 8.20. The Balaban J connectivity index is 0.000000172. The minimum Gasteiger partial charge on any atom is -0.481 e. The minimum atomic E-state index is -0.557. The monoisotopic (exact) mass is 246 g/mol. The molecule has 17 heavy (non-hydrogen) atoms. The fourth-order valence-electron chi connectivity index (χ4n) is 1.09. The quantitative estimate of drug-likeness (QED) is 0.408. The van der Waals surface area contributed by atoms with Crippen molar-refractivity contribution in [1.82, 2.24) is 0 Å². The van der Waals surface area contributed by atoms with E-state index in [1.165, 1.54) is 6.08 Å². The molecule has 0 saturated carbocycles. The summed E-state index contributed by atoms with van der Waals surface area (Å²) in [7, 11) is 0. The van der Waals surface area contributed by atoms with Crippen LogP contribution in [0.5, 0.6) is 0 Å². The smallest absolute Gasteiger partial charge is 0.269 e. The predicted octanol–water partition coefficient (Wildman–Crippen LogP) is 1.93. The van der Waals surface area contributed by atoms with Gasteiger partial charge in [0.05, 0.1) is 26.4 Å². The van der Waals surface area contributed by atoms with E-state index in [0.717, 1.165) is 45.7 Å². The van der Waals surface area contributed by atoms with E-state index in [1.807, 2.05) is 0 Å². The second-order valence-corrected chi connectivity index (χ2v) is 4.15. The molecule has 0 aromatic carbocycles. The number of aliphatic hydroxyl groups excluding tert-OH is 1. The molecule has 100 valence electrons. The first kappa shape index (κ1) is 14.3. The van der Waals surface area contributed by atoms with Crippen LogP contribution in [0.4, 0.5) is 0 Å². The van der Waals surface area contributed by atoms with Crippen LogP contribution in [-0.2, 0) is 14.2 Å². The average Bonchev–Trinajstić information content (AvgIpc) is 3.13. The van der Waals surface area contributed by atoms with Crippen molar-refractivity contribution >= 4 is 0 Å². The molecule has 2 saturated heterocycles. The molecule has 2 N–H and O–H groups in total. The third-order valence-corrected chi connectivity index (χ3v) is 2.30. The number of unbranched alkanes of at least 4 members (excludes halogenated alkanes) is 2. The van der Waals surface area contributed by atoms with E-state index in [0.29, 0.717) is 12.2 Å². The lowest BCUT2D eigenvalue weighted by Crippen LogP contribution is -2.06. The van der Waals surface area contributed by atoms with Crippen LogP contribution in [0.25, 0.3) is 0 Å². The van der Waals surface area contributed by atoms with Gasteiger partial charge in [0, 0.05) is 0 Å². The summed E-state index contributed by atoms with van der Waals surface area (Å²) in [4.78, 5) is 0. The number of epoxide rings is 2. The van der Waals surface area contributed by atoms with Gasteiger partial charge in [-0.25, -0.2) is 0 Å². The molecule has 2 aliphatic rings. The Morgan fingerprint density at radius 1 is 1.24 bits per heavy atom. The molecular weight excluding hydrogens is 224 g/mol. The van der Waals surface area contributed by atoms with Crippen LogP contribution >= 0.6 is 0 Å². The molecule has 2 unspecified atom stereocenters. The van der Waals surface area contributed by atoms with E-state index in [1.54, 1.807) is 0 Å². The van der Waals surface area contributed by atoms with Gasteiger partial charge >= 0.3 is 0 Å². The number of ether oxygens (including phenoxy) is 3.